The summed E-state index contributed by atoms with van der Waals surface area (Å²) in [4.78, 5) is 25.4. The molecule has 0 aliphatic heterocycles. The zero-order chi connectivity index (χ0) is 20.8. The van der Waals surface area contributed by atoms with Gasteiger partial charge in [0, 0.05) is 17.0 Å². The van der Waals surface area contributed by atoms with Crippen LogP contribution in [0.4, 0.5) is 0 Å². The Bertz CT molecular complexity index is 1260. The van der Waals surface area contributed by atoms with Crippen LogP contribution in [-0.4, -0.2) is 16.7 Å². The monoisotopic (exact) mass is 392 g/mol. The predicted octanol–water partition coefficient (Wildman–Crippen LogP) is 6.10. The minimum atomic E-state index is -0.460. The molecule has 1 unspecified atom stereocenters. The molecule has 1 atom stereocenters. The number of carbonyl (C=O) groups excluding carboxylic acids is 2. The molecule has 2 aliphatic rings. The molecule has 3 aromatic rings. The van der Waals surface area contributed by atoms with E-state index < -0.39 is 11.6 Å². The second-order valence-electron chi connectivity index (χ2n) is 7.92. The number of aromatic hydroxyl groups is 1. The van der Waals surface area contributed by atoms with E-state index in [1.54, 1.807) is 24.3 Å². The zero-order valence-corrected chi connectivity index (χ0v) is 16.6. The number of phenols is 1. The molecular weight excluding hydrogens is 372 g/mol. The van der Waals surface area contributed by atoms with Crippen molar-refractivity contribution in [1.82, 2.24) is 0 Å². The lowest BCUT2D eigenvalue weighted by Crippen LogP contribution is -2.21. The van der Waals surface area contributed by atoms with Gasteiger partial charge in [0.1, 0.15) is 5.75 Å². The Kier molecular flexibility index (Phi) is 4.25. The molecule has 5 rings (SSSR count). The lowest BCUT2D eigenvalue weighted by Gasteiger charge is -2.22. The summed E-state index contributed by atoms with van der Waals surface area (Å²) in [5.74, 6) is -0.442. The van der Waals surface area contributed by atoms with Crippen LogP contribution in [0.5, 0.6) is 5.75 Å². The van der Waals surface area contributed by atoms with Crippen molar-refractivity contribution in [3.05, 3.63) is 101 Å². The number of allylic oxidation sites excluding steroid dienone is 4. The Morgan fingerprint density at radius 1 is 0.767 bits per heavy atom. The van der Waals surface area contributed by atoms with Gasteiger partial charge >= 0.3 is 0 Å². The van der Waals surface area contributed by atoms with Crippen LogP contribution in [0.1, 0.15) is 45.5 Å². The fraction of sp³-hybridized carbons (Fsp3) is 0.111. The van der Waals surface area contributed by atoms with Crippen molar-refractivity contribution in [1.29, 1.82) is 0 Å². The number of ketones is 2. The van der Waals surface area contributed by atoms with Gasteiger partial charge in [0.25, 0.3) is 0 Å². The molecule has 3 heteroatoms. The highest BCUT2D eigenvalue weighted by molar-refractivity contribution is 6.53. The molecule has 0 heterocycles. The molecule has 2 aliphatic carbocycles. The predicted molar refractivity (Wildman–Crippen MR) is 118 cm³/mol. The first-order valence-corrected chi connectivity index (χ1v) is 10.0. The van der Waals surface area contributed by atoms with Gasteiger partial charge < -0.3 is 5.11 Å². The van der Waals surface area contributed by atoms with Crippen molar-refractivity contribution >= 4 is 11.6 Å². The van der Waals surface area contributed by atoms with Gasteiger partial charge in [0.05, 0.1) is 0 Å². The van der Waals surface area contributed by atoms with Crippen LogP contribution >= 0.6 is 0 Å². The van der Waals surface area contributed by atoms with Gasteiger partial charge in [-0.15, -0.1) is 0 Å². The van der Waals surface area contributed by atoms with Crippen LogP contribution in [0.15, 0.2) is 84.5 Å². The maximum Gasteiger partial charge on any atom is 0.234 e. The van der Waals surface area contributed by atoms with E-state index in [4.69, 9.17) is 0 Å². The lowest BCUT2D eigenvalue weighted by molar-refractivity contribution is 0.0815. The van der Waals surface area contributed by atoms with Crippen LogP contribution in [0.3, 0.4) is 0 Å². The van der Waals surface area contributed by atoms with E-state index in [0.717, 1.165) is 34.2 Å². The van der Waals surface area contributed by atoms with E-state index in [-0.39, 0.29) is 11.7 Å². The minimum absolute atomic E-state index is 0.206. The molecule has 30 heavy (non-hydrogen) atoms. The van der Waals surface area contributed by atoms with Gasteiger partial charge in [0.15, 0.2) is 0 Å². The average Bonchev–Trinajstić information content (AvgIpc) is 2.78. The summed E-state index contributed by atoms with van der Waals surface area (Å²) in [6.07, 6.45) is 7.46. The van der Waals surface area contributed by atoms with Crippen molar-refractivity contribution in [2.24, 2.45) is 0 Å². The summed E-state index contributed by atoms with van der Waals surface area (Å²) < 4.78 is 0. The van der Waals surface area contributed by atoms with Crippen molar-refractivity contribution in [2.45, 2.75) is 19.3 Å². The molecule has 0 spiro atoms. The van der Waals surface area contributed by atoms with Crippen LogP contribution in [0, 0.1) is 0 Å². The van der Waals surface area contributed by atoms with E-state index in [1.807, 2.05) is 30.3 Å². The van der Waals surface area contributed by atoms with Crippen LogP contribution < -0.4 is 0 Å². The number of fused-ring (bicyclic) bond motifs is 3. The molecule has 3 nitrogen and oxygen atoms in total. The number of rotatable bonds is 2. The molecule has 0 radical (unpaired) electrons. The third-order valence-corrected chi connectivity index (χ3v) is 5.96. The zero-order valence-electron chi connectivity index (χ0n) is 16.6. The highest BCUT2D eigenvalue weighted by Gasteiger charge is 2.31. The van der Waals surface area contributed by atoms with Crippen LogP contribution in [-0.2, 0) is 0 Å². The molecule has 146 valence electrons. The fourth-order valence-corrected chi connectivity index (χ4v) is 4.23. The Hall–Kier alpha value is -3.72. The SMILES string of the molecule is CC1=CCC(c2ccc3c(c2)-c2cc(-c4ccc(O)cc4)ccc2C(=O)C3=O)C=C1. The van der Waals surface area contributed by atoms with Crippen molar-refractivity contribution in [2.75, 3.05) is 0 Å². The Balaban J connectivity index is 1.65. The summed E-state index contributed by atoms with van der Waals surface area (Å²) in [6.45, 7) is 2.09. The molecule has 1 N–H and O–H groups in total. The van der Waals surface area contributed by atoms with Crippen LogP contribution in [0.25, 0.3) is 22.3 Å². The number of hydrogen-bond acceptors (Lipinski definition) is 3. The standard InChI is InChI=1S/C27H20O3/c1-16-2-4-17(5-3-16)19-8-12-22-24(14-19)25-15-20(18-6-10-21(28)11-7-18)9-13-23(25)27(30)26(22)29/h2-4,6-15,17,28H,5H2,1H3. The van der Waals surface area contributed by atoms with Crippen molar-refractivity contribution in [3.63, 3.8) is 0 Å². The lowest BCUT2D eigenvalue weighted by atomic mass is 9.80. The number of hydrogen-bond donors (Lipinski definition) is 1. The molecule has 0 aromatic heterocycles. The summed E-state index contributed by atoms with van der Waals surface area (Å²) in [5.41, 5.74) is 6.77. The number of phenolic OH excluding ortho intramolecular Hbond substituents is 1. The maximum absolute atomic E-state index is 12.7. The quantitative estimate of drug-likeness (QED) is 0.537. The smallest absolute Gasteiger partial charge is 0.234 e. The summed E-state index contributed by atoms with van der Waals surface area (Å²) in [7, 11) is 0. The van der Waals surface area contributed by atoms with Crippen molar-refractivity contribution < 1.29 is 14.7 Å². The largest absolute Gasteiger partial charge is 0.508 e. The molecule has 0 amide bonds. The first-order chi connectivity index (χ1) is 14.5. The third kappa shape index (κ3) is 3.00. The summed E-state index contributed by atoms with van der Waals surface area (Å²) >= 11 is 0. The second kappa shape index (κ2) is 6.96. The molecule has 3 aromatic carbocycles. The maximum atomic E-state index is 12.7. The molecule has 0 bridgehead atoms. The summed E-state index contributed by atoms with van der Waals surface area (Å²) in [6, 6.07) is 18.3. The Morgan fingerprint density at radius 3 is 2.07 bits per heavy atom. The topological polar surface area (TPSA) is 54.4 Å². The third-order valence-electron chi connectivity index (χ3n) is 5.96. The molecule has 0 saturated heterocycles. The summed E-state index contributed by atoms with van der Waals surface area (Å²) in [5, 5.41) is 9.57. The normalized spacial score (nSPS) is 17.4. The number of Topliss-reactive ketones (excluding diaryl/α,β-unsaturated/α-hetero) is 2. The van der Waals surface area contributed by atoms with Gasteiger partial charge in [-0.2, -0.15) is 0 Å². The van der Waals surface area contributed by atoms with Gasteiger partial charge in [-0.1, -0.05) is 48.1 Å². The fourth-order valence-electron chi connectivity index (χ4n) is 4.23. The Labute approximate surface area is 175 Å². The van der Waals surface area contributed by atoms with Gasteiger partial charge in [-0.25, -0.2) is 0 Å². The molecular formula is C27H20O3. The average molecular weight is 392 g/mol. The van der Waals surface area contributed by atoms with E-state index >= 15 is 0 Å². The minimum Gasteiger partial charge on any atom is -0.508 e. The molecule has 0 saturated carbocycles. The number of carbonyl (C=O) groups is 2. The highest BCUT2D eigenvalue weighted by Crippen LogP contribution is 2.39. The first-order valence-electron chi connectivity index (χ1n) is 10.0. The second-order valence-corrected chi connectivity index (χ2v) is 7.92. The van der Waals surface area contributed by atoms with Gasteiger partial charge in [-0.3, -0.25) is 9.59 Å². The van der Waals surface area contributed by atoms with E-state index in [0.29, 0.717) is 11.1 Å². The van der Waals surface area contributed by atoms with Crippen molar-refractivity contribution in [3.8, 4) is 28.0 Å². The van der Waals surface area contributed by atoms with Crippen LogP contribution in [0.2, 0.25) is 0 Å². The van der Waals surface area contributed by atoms with E-state index in [1.165, 1.54) is 5.57 Å². The first kappa shape index (κ1) is 18.3. The van der Waals surface area contributed by atoms with E-state index in [9.17, 15) is 14.7 Å². The van der Waals surface area contributed by atoms with Gasteiger partial charge in [-0.05, 0) is 77.6 Å². The van der Waals surface area contributed by atoms with Gasteiger partial charge in [0.2, 0.25) is 11.6 Å². The Morgan fingerprint density at radius 2 is 1.40 bits per heavy atom. The highest BCUT2D eigenvalue weighted by atomic mass is 16.3. The molecule has 0 fully saturated rings. The van der Waals surface area contributed by atoms with E-state index in [2.05, 4.69) is 31.2 Å². The number of benzene rings is 3.